The second-order valence-corrected chi connectivity index (χ2v) is 4.13. The van der Waals surface area contributed by atoms with Gasteiger partial charge in [0.05, 0.1) is 11.3 Å². The van der Waals surface area contributed by atoms with Gasteiger partial charge in [-0.1, -0.05) is 23.7 Å². The van der Waals surface area contributed by atoms with Gasteiger partial charge in [0.2, 0.25) is 0 Å². The SMILES string of the molecule is Cc1nnc(Cl)cc1-c1cccc(C(F)(F)F)c1. The van der Waals surface area contributed by atoms with Crippen LogP contribution in [0.2, 0.25) is 5.15 Å². The maximum Gasteiger partial charge on any atom is 0.416 e. The molecule has 94 valence electrons. The number of alkyl halides is 3. The van der Waals surface area contributed by atoms with Crippen molar-refractivity contribution in [1.82, 2.24) is 10.2 Å². The molecule has 0 spiro atoms. The Morgan fingerprint density at radius 1 is 1.11 bits per heavy atom. The summed E-state index contributed by atoms with van der Waals surface area (Å²) in [7, 11) is 0. The molecular formula is C12H8ClF3N2. The third-order valence-corrected chi connectivity index (χ3v) is 2.63. The van der Waals surface area contributed by atoms with Crippen molar-refractivity contribution in [2.45, 2.75) is 13.1 Å². The Kier molecular flexibility index (Phi) is 3.26. The minimum Gasteiger partial charge on any atom is -0.166 e. The van der Waals surface area contributed by atoms with Gasteiger partial charge in [0.15, 0.2) is 5.15 Å². The highest BCUT2D eigenvalue weighted by Gasteiger charge is 2.30. The van der Waals surface area contributed by atoms with Crippen LogP contribution in [0.25, 0.3) is 11.1 Å². The molecule has 2 nitrogen and oxygen atoms in total. The normalized spacial score (nSPS) is 11.6. The summed E-state index contributed by atoms with van der Waals surface area (Å²) in [5.74, 6) is 0. The quantitative estimate of drug-likeness (QED) is 0.780. The Hall–Kier alpha value is -1.62. The molecule has 0 atom stereocenters. The van der Waals surface area contributed by atoms with Crippen LogP contribution in [0.5, 0.6) is 0 Å². The second kappa shape index (κ2) is 4.57. The van der Waals surface area contributed by atoms with Crippen molar-refractivity contribution < 1.29 is 13.2 Å². The fourth-order valence-electron chi connectivity index (χ4n) is 1.58. The molecule has 1 heterocycles. The second-order valence-electron chi connectivity index (χ2n) is 3.74. The molecule has 0 N–H and O–H groups in total. The van der Waals surface area contributed by atoms with Gasteiger partial charge in [0.25, 0.3) is 0 Å². The Morgan fingerprint density at radius 3 is 2.50 bits per heavy atom. The number of aryl methyl sites for hydroxylation is 1. The van der Waals surface area contributed by atoms with Gasteiger partial charge in [0.1, 0.15) is 0 Å². The van der Waals surface area contributed by atoms with Crippen LogP contribution in [0.3, 0.4) is 0 Å². The Morgan fingerprint density at radius 2 is 1.83 bits per heavy atom. The summed E-state index contributed by atoms with van der Waals surface area (Å²) in [6, 6.07) is 6.52. The van der Waals surface area contributed by atoms with Crippen molar-refractivity contribution in [2.75, 3.05) is 0 Å². The molecule has 1 aromatic carbocycles. The maximum atomic E-state index is 12.6. The van der Waals surface area contributed by atoms with Crippen LogP contribution in [-0.4, -0.2) is 10.2 Å². The first-order valence-corrected chi connectivity index (χ1v) is 5.43. The van der Waals surface area contributed by atoms with Crippen LogP contribution < -0.4 is 0 Å². The third-order valence-electron chi connectivity index (χ3n) is 2.45. The number of hydrogen-bond acceptors (Lipinski definition) is 2. The van der Waals surface area contributed by atoms with E-state index in [4.69, 9.17) is 11.6 Å². The highest BCUT2D eigenvalue weighted by atomic mass is 35.5. The Balaban J connectivity index is 2.55. The summed E-state index contributed by atoms with van der Waals surface area (Å²) in [6.07, 6.45) is -4.37. The standard InChI is InChI=1S/C12H8ClF3N2/c1-7-10(6-11(13)18-17-7)8-3-2-4-9(5-8)12(14,15)16/h2-6H,1H3. The third kappa shape index (κ3) is 2.61. The summed E-state index contributed by atoms with van der Waals surface area (Å²) >= 11 is 5.70. The zero-order valence-corrected chi connectivity index (χ0v) is 10.0. The van der Waals surface area contributed by atoms with Crippen LogP contribution in [0.15, 0.2) is 30.3 Å². The van der Waals surface area contributed by atoms with Gasteiger partial charge in [-0.25, -0.2) is 0 Å². The van der Waals surface area contributed by atoms with Gasteiger partial charge >= 0.3 is 6.18 Å². The van der Waals surface area contributed by atoms with Crippen molar-refractivity contribution in [1.29, 1.82) is 0 Å². The number of halogens is 4. The van der Waals surface area contributed by atoms with E-state index in [-0.39, 0.29) is 5.15 Å². The van der Waals surface area contributed by atoms with Gasteiger partial charge in [-0.15, -0.1) is 5.10 Å². The molecule has 18 heavy (non-hydrogen) atoms. The first kappa shape index (κ1) is 12.8. The number of aromatic nitrogens is 2. The van der Waals surface area contributed by atoms with E-state index in [2.05, 4.69) is 10.2 Å². The first-order valence-electron chi connectivity index (χ1n) is 5.05. The monoisotopic (exact) mass is 272 g/mol. The van der Waals surface area contributed by atoms with E-state index in [0.717, 1.165) is 12.1 Å². The molecular weight excluding hydrogens is 265 g/mol. The molecule has 0 bridgehead atoms. The molecule has 2 aromatic rings. The molecule has 0 fully saturated rings. The summed E-state index contributed by atoms with van der Waals surface area (Å²) in [5, 5.41) is 7.56. The molecule has 0 aliphatic heterocycles. The fourth-order valence-corrected chi connectivity index (χ4v) is 1.73. The molecule has 0 saturated carbocycles. The largest absolute Gasteiger partial charge is 0.416 e. The average molecular weight is 273 g/mol. The van der Waals surface area contributed by atoms with E-state index >= 15 is 0 Å². The molecule has 2 rings (SSSR count). The summed E-state index contributed by atoms with van der Waals surface area (Å²) in [5.41, 5.74) is 0.784. The predicted octanol–water partition coefficient (Wildman–Crippen LogP) is 4.12. The molecule has 6 heteroatoms. The van der Waals surface area contributed by atoms with Gasteiger partial charge in [-0.3, -0.25) is 0 Å². The van der Waals surface area contributed by atoms with Crippen molar-refractivity contribution >= 4 is 11.6 Å². The van der Waals surface area contributed by atoms with E-state index < -0.39 is 11.7 Å². The van der Waals surface area contributed by atoms with Crippen LogP contribution in [0.4, 0.5) is 13.2 Å². The van der Waals surface area contributed by atoms with Gasteiger partial charge in [-0.05, 0) is 30.7 Å². The van der Waals surface area contributed by atoms with Crippen molar-refractivity contribution in [3.63, 3.8) is 0 Å². The Labute approximate surface area is 106 Å². The van der Waals surface area contributed by atoms with Crippen LogP contribution in [0, 0.1) is 6.92 Å². The predicted molar refractivity (Wildman–Crippen MR) is 62.2 cm³/mol. The van der Waals surface area contributed by atoms with Crippen LogP contribution >= 0.6 is 11.6 Å². The Bertz CT molecular complexity index is 582. The fraction of sp³-hybridized carbons (Fsp3) is 0.167. The lowest BCUT2D eigenvalue weighted by molar-refractivity contribution is -0.137. The number of hydrogen-bond donors (Lipinski definition) is 0. The van der Waals surface area contributed by atoms with Gasteiger partial charge in [0, 0.05) is 5.56 Å². The average Bonchev–Trinajstić information content (AvgIpc) is 2.31. The molecule has 0 saturated heterocycles. The summed E-state index contributed by atoms with van der Waals surface area (Å²) in [4.78, 5) is 0. The van der Waals surface area contributed by atoms with Crippen molar-refractivity contribution in [3.8, 4) is 11.1 Å². The minimum atomic E-state index is -4.37. The zero-order chi connectivity index (χ0) is 13.3. The van der Waals surface area contributed by atoms with Crippen molar-refractivity contribution in [3.05, 3.63) is 46.7 Å². The number of rotatable bonds is 1. The van der Waals surface area contributed by atoms with Crippen molar-refractivity contribution in [2.24, 2.45) is 0 Å². The molecule has 1 aromatic heterocycles. The van der Waals surface area contributed by atoms with E-state index in [1.165, 1.54) is 12.1 Å². The smallest absolute Gasteiger partial charge is 0.166 e. The van der Waals surface area contributed by atoms with Gasteiger partial charge < -0.3 is 0 Å². The highest BCUT2D eigenvalue weighted by Crippen LogP contribution is 2.33. The van der Waals surface area contributed by atoms with E-state index in [1.54, 1.807) is 13.0 Å². The molecule has 0 unspecified atom stereocenters. The van der Waals surface area contributed by atoms with E-state index in [1.807, 2.05) is 0 Å². The highest BCUT2D eigenvalue weighted by molar-refractivity contribution is 6.29. The summed E-state index contributed by atoms with van der Waals surface area (Å²) < 4.78 is 37.8. The lowest BCUT2D eigenvalue weighted by Gasteiger charge is -2.10. The maximum absolute atomic E-state index is 12.6. The molecule has 0 amide bonds. The van der Waals surface area contributed by atoms with E-state index in [0.29, 0.717) is 16.8 Å². The molecule has 0 aliphatic carbocycles. The number of nitrogens with zero attached hydrogens (tertiary/aromatic N) is 2. The lowest BCUT2D eigenvalue weighted by atomic mass is 10.0. The van der Waals surface area contributed by atoms with E-state index in [9.17, 15) is 13.2 Å². The number of benzene rings is 1. The van der Waals surface area contributed by atoms with Crippen LogP contribution in [0.1, 0.15) is 11.3 Å². The first-order chi connectivity index (χ1) is 8.38. The summed E-state index contributed by atoms with van der Waals surface area (Å²) in [6.45, 7) is 1.67. The minimum absolute atomic E-state index is 0.146. The zero-order valence-electron chi connectivity index (χ0n) is 9.29. The lowest BCUT2D eigenvalue weighted by Crippen LogP contribution is -2.04. The van der Waals surface area contributed by atoms with Crippen LogP contribution in [-0.2, 0) is 6.18 Å². The van der Waals surface area contributed by atoms with Gasteiger partial charge in [-0.2, -0.15) is 18.3 Å². The molecule has 0 aliphatic rings. The topological polar surface area (TPSA) is 25.8 Å². The molecule has 0 radical (unpaired) electrons.